The van der Waals surface area contributed by atoms with Gasteiger partial charge in [0.1, 0.15) is 5.82 Å². The third kappa shape index (κ3) is 3.13. The normalized spacial score (nSPS) is 20.7. The smallest absolute Gasteiger partial charge is 0.146 e. The van der Waals surface area contributed by atoms with Crippen molar-refractivity contribution >= 4 is 5.69 Å². The number of nitrogens with one attached hydrogen (secondary N) is 1. The van der Waals surface area contributed by atoms with E-state index >= 15 is 0 Å². The molecule has 1 saturated heterocycles. The van der Waals surface area contributed by atoms with Crippen molar-refractivity contribution in [1.29, 1.82) is 0 Å². The zero-order valence-corrected chi connectivity index (χ0v) is 13.0. The Labute approximate surface area is 121 Å². The van der Waals surface area contributed by atoms with Crippen molar-refractivity contribution in [1.82, 2.24) is 10.2 Å². The van der Waals surface area contributed by atoms with Gasteiger partial charge in [-0.3, -0.25) is 0 Å². The first-order chi connectivity index (χ1) is 9.54. The molecule has 2 atom stereocenters. The van der Waals surface area contributed by atoms with Crippen molar-refractivity contribution in [3.63, 3.8) is 0 Å². The van der Waals surface area contributed by atoms with Crippen LogP contribution in [-0.4, -0.2) is 44.7 Å². The summed E-state index contributed by atoms with van der Waals surface area (Å²) in [5.41, 5.74) is 1.84. The second-order valence-corrected chi connectivity index (χ2v) is 5.81. The van der Waals surface area contributed by atoms with Crippen molar-refractivity contribution in [2.75, 3.05) is 38.6 Å². The number of hydrogen-bond donors (Lipinski definition) is 1. The van der Waals surface area contributed by atoms with E-state index in [0.29, 0.717) is 6.04 Å². The van der Waals surface area contributed by atoms with Crippen molar-refractivity contribution < 1.29 is 4.39 Å². The molecule has 0 aliphatic carbocycles. The summed E-state index contributed by atoms with van der Waals surface area (Å²) >= 11 is 0. The summed E-state index contributed by atoms with van der Waals surface area (Å²) in [5.74, 6) is -0.105. The number of nitrogens with zero attached hydrogens (tertiary/aromatic N) is 2. The fourth-order valence-electron chi connectivity index (χ4n) is 3.00. The Morgan fingerprint density at radius 2 is 2.20 bits per heavy atom. The van der Waals surface area contributed by atoms with E-state index in [0.717, 1.165) is 37.3 Å². The van der Waals surface area contributed by atoms with Crippen LogP contribution in [0.4, 0.5) is 10.1 Å². The van der Waals surface area contributed by atoms with Crippen LogP contribution in [0.25, 0.3) is 0 Å². The number of anilines is 1. The van der Waals surface area contributed by atoms with E-state index < -0.39 is 0 Å². The predicted octanol–water partition coefficient (Wildman–Crippen LogP) is 2.64. The van der Waals surface area contributed by atoms with Crippen LogP contribution < -0.4 is 10.2 Å². The number of benzene rings is 1. The lowest BCUT2D eigenvalue weighted by Crippen LogP contribution is -2.32. The lowest BCUT2D eigenvalue weighted by Gasteiger charge is -2.26. The average molecular weight is 279 g/mol. The first kappa shape index (κ1) is 15.3. The van der Waals surface area contributed by atoms with Crippen molar-refractivity contribution in [3.05, 3.63) is 29.6 Å². The molecule has 0 amide bonds. The largest absolute Gasteiger partial charge is 0.367 e. The van der Waals surface area contributed by atoms with Gasteiger partial charge >= 0.3 is 0 Å². The number of hydrogen-bond acceptors (Lipinski definition) is 3. The Bertz CT molecular complexity index is 447. The molecule has 1 aromatic carbocycles. The van der Waals surface area contributed by atoms with Gasteiger partial charge < -0.3 is 15.1 Å². The van der Waals surface area contributed by atoms with Crippen molar-refractivity contribution in [2.24, 2.45) is 0 Å². The van der Waals surface area contributed by atoms with Gasteiger partial charge in [-0.25, -0.2) is 4.39 Å². The third-order valence-corrected chi connectivity index (χ3v) is 4.20. The van der Waals surface area contributed by atoms with Gasteiger partial charge in [0.25, 0.3) is 0 Å². The minimum atomic E-state index is -0.105. The van der Waals surface area contributed by atoms with E-state index in [1.54, 1.807) is 6.07 Å². The second-order valence-electron chi connectivity index (χ2n) is 5.81. The first-order valence-corrected chi connectivity index (χ1v) is 7.47. The Hall–Kier alpha value is -1.13. The zero-order chi connectivity index (χ0) is 14.7. The van der Waals surface area contributed by atoms with E-state index in [-0.39, 0.29) is 11.9 Å². The third-order valence-electron chi connectivity index (χ3n) is 4.20. The molecule has 0 radical (unpaired) electrons. The summed E-state index contributed by atoms with van der Waals surface area (Å²) in [6.45, 7) is 6.89. The van der Waals surface area contributed by atoms with Crippen molar-refractivity contribution in [2.45, 2.75) is 32.4 Å². The molecule has 4 heteroatoms. The van der Waals surface area contributed by atoms with Gasteiger partial charge in [0.2, 0.25) is 0 Å². The van der Waals surface area contributed by atoms with Crippen LogP contribution in [-0.2, 0) is 0 Å². The van der Waals surface area contributed by atoms with Gasteiger partial charge in [-0.2, -0.15) is 0 Å². The SMILES string of the molecule is CCNC(C)c1cccc(F)c1N1CCC(N(C)C)C1. The van der Waals surface area contributed by atoms with Crippen molar-refractivity contribution in [3.8, 4) is 0 Å². The topological polar surface area (TPSA) is 18.5 Å². The maximum absolute atomic E-state index is 14.3. The molecular formula is C16H26FN3. The number of likely N-dealkylation sites (N-methyl/N-ethyl adjacent to an activating group) is 1. The van der Waals surface area contributed by atoms with Gasteiger partial charge in [-0.15, -0.1) is 0 Å². The summed E-state index contributed by atoms with van der Waals surface area (Å²) in [4.78, 5) is 4.43. The quantitative estimate of drug-likeness (QED) is 0.894. The molecule has 1 aliphatic rings. The van der Waals surface area contributed by atoms with Crippen LogP contribution in [0.3, 0.4) is 0 Å². The Balaban J connectivity index is 2.27. The summed E-state index contributed by atoms with van der Waals surface area (Å²) in [6.07, 6.45) is 1.09. The molecule has 0 bridgehead atoms. The molecule has 2 rings (SSSR count). The van der Waals surface area contributed by atoms with Crippen LogP contribution >= 0.6 is 0 Å². The highest BCUT2D eigenvalue weighted by atomic mass is 19.1. The van der Waals surface area contributed by atoms with Crippen LogP contribution in [0.2, 0.25) is 0 Å². The van der Waals surface area contributed by atoms with Gasteiger partial charge in [0.15, 0.2) is 0 Å². The highest BCUT2D eigenvalue weighted by Gasteiger charge is 2.28. The molecule has 1 N–H and O–H groups in total. The number of para-hydroxylation sites is 1. The van der Waals surface area contributed by atoms with Crippen LogP contribution in [0.1, 0.15) is 31.9 Å². The summed E-state index contributed by atoms with van der Waals surface area (Å²) in [7, 11) is 4.19. The Morgan fingerprint density at radius 3 is 2.80 bits per heavy atom. The highest BCUT2D eigenvalue weighted by Crippen LogP contribution is 2.32. The minimum absolute atomic E-state index is 0.105. The summed E-state index contributed by atoms with van der Waals surface area (Å²) in [6, 6.07) is 6.09. The standard InChI is InChI=1S/C16H26FN3/c1-5-18-12(2)14-7-6-8-15(17)16(14)20-10-9-13(11-20)19(3)4/h6-8,12-13,18H,5,9-11H2,1-4H3. The summed E-state index contributed by atoms with van der Waals surface area (Å²) in [5, 5.41) is 3.38. The molecule has 1 aromatic rings. The first-order valence-electron chi connectivity index (χ1n) is 7.47. The van der Waals surface area contributed by atoms with E-state index in [9.17, 15) is 4.39 Å². The van der Waals surface area contributed by atoms with Gasteiger partial charge in [-0.05, 0) is 45.6 Å². The molecule has 112 valence electrons. The van der Waals surface area contributed by atoms with Gasteiger partial charge in [-0.1, -0.05) is 19.1 Å². The second kappa shape index (κ2) is 6.55. The lowest BCUT2D eigenvalue weighted by atomic mass is 10.0. The van der Waals surface area contributed by atoms with Crippen LogP contribution in [0.5, 0.6) is 0 Å². The minimum Gasteiger partial charge on any atom is -0.367 e. The molecule has 0 spiro atoms. The molecule has 1 aliphatic heterocycles. The fourth-order valence-corrected chi connectivity index (χ4v) is 3.00. The fraction of sp³-hybridized carbons (Fsp3) is 0.625. The average Bonchev–Trinajstić information content (AvgIpc) is 2.88. The van der Waals surface area contributed by atoms with E-state index in [1.165, 1.54) is 0 Å². The summed E-state index contributed by atoms with van der Waals surface area (Å²) < 4.78 is 14.3. The molecule has 1 fully saturated rings. The van der Waals surface area contributed by atoms with Gasteiger partial charge in [0, 0.05) is 25.2 Å². The molecular weight excluding hydrogens is 253 g/mol. The van der Waals surface area contributed by atoms with Crippen LogP contribution in [0.15, 0.2) is 18.2 Å². The van der Waals surface area contributed by atoms with E-state index in [2.05, 4.69) is 43.1 Å². The number of halogens is 1. The molecule has 0 saturated carbocycles. The van der Waals surface area contributed by atoms with Gasteiger partial charge in [0.05, 0.1) is 5.69 Å². The molecule has 0 aromatic heterocycles. The monoisotopic (exact) mass is 279 g/mol. The molecule has 3 nitrogen and oxygen atoms in total. The number of rotatable bonds is 5. The maximum Gasteiger partial charge on any atom is 0.146 e. The van der Waals surface area contributed by atoms with E-state index in [1.807, 2.05) is 12.1 Å². The Morgan fingerprint density at radius 1 is 1.45 bits per heavy atom. The lowest BCUT2D eigenvalue weighted by molar-refractivity contribution is 0.315. The zero-order valence-electron chi connectivity index (χ0n) is 13.0. The maximum atomic E-state index is 14.3. The molecule has 20 heavy (non-hydrogen) atoms. The highest BCUT2D eigenvalue weighted by molar-refractivity contribution is 5.57. The molecule has 1 heterocycles. The van der Waals surface area contributed by atoms with E-state index in [4.69, 9.17) is 0 Å². The van der Waals surface area contributed by atoms with Crippen LogP contribution in [0, 0.1) is 5.82 Å². The molecule has 2 unspecified atom stereocenters. The predicted molar refractivity (Wildman–Crippen MR) is 82.8 cm³/mol. The Kier molecular flexibility index (Phi) is 5.00.